The van der Waals surface area contributed by atoms with Gasteiger partial charge in [-0.05, 0) is 31.7 Å². The molecule has 0 saturated carbocycles. The lowest BCUT2D eigenvalue weighted by Crippen LogP contribution is -2.48. The van der Waals surface area contributed by atoms with Crippen molar-refractivity contribution >= 4 is 15.7 Å². The average molecular weight is 391 g/mol. The molecule has 0 spiro atoms. The number of aromatic nitrogens is 4. The van der Waals surface area contributed by atoms with Gasteiger partial charge < -0.3 is 4.90 Å². The summed E-state index contributed by atoms with van der Waals surface area (Å²) in [7, 11) is -2.78. The Morgan fingerprint density at radius 3 is 2.44 bits per heavy atom. The second-order valence-electron chi connectivity index (χ2n) is 7.47. The van der Waals surface area contributed by atoms with Crippen molar-refractivity contribution in [2.45, 2.75) is 19.8 Å². The summed E-state index contributed by atoms with van der Waals surface area (Å²) >= 11 is 0. The lowest BCUT2D eigenvalue weighted by atomic mass is 10.0. The molecule has 4 rings (SSSR count). The van der Waals surface area contributed by atoms with Gasteiger partial charge >= 0.3 is 0 Å². The molecule has 27 heavy (non-hydrogen) atoms. The predicted molar refractivity (Wildman–Crippen MR) is 104 cm³/mol. The zero-order valence-corrected chi connectivity index (χ0v) is 16.5. The first-order valence-corrected chi connectivity index (χ1v) is 11.3. The Balaban J connectivity index is 1.35. The van der Waals surface area contributed by atoms with Crippen LogP contribution in [0.15, 0.2) is 24.5 Å². The zero-order chi connectivity index (χ0) is 18.9. The van der Waals surface area contributed by atoms with Crippen molar-refractivity contribution in [2.24, 2.45) is 5.92 Å². The maximum atomic E-state index is 11.6. The van der Waals surface area contributed by atoms with Crippen LogP contribution in [0.2, 0.25) is 0 Å². The minimum atomic E-state index is -2.78. The van der Waals surface area contributed by atoms with E-state index in [2.05, 4.69) is 24.9 Å². The Morgan fingerprint density at radius 2 is 1.78 bits per heavy atom. The molecule has 2 saturated heterocycles. The number of nitrogens with zero attached hydrogens (tertiary/aromatic N) is 6. The van der Waals surface area contributed by atoms with Crippen LogP contribution in [0, 0.1) is 12.8 Å². The fourth-order valence-corrected chi connectivity index (χ4v) is 5.46. The highest BCUT2D eigenvalue weighted by molar-refractivity contribution is 7.91. The Morgan fingerprint density at radius 1 is 1.07 bits per heavy atom. The number of anilines is 1. The molecule has 146 valence electrons. The van der Waals surface area contributed by atoms with E-state index in [1.165, 1.54) is 0 Å². The second kappa shape index (κ2) is 7.55. The maximum Gasteiger partial charge on any atom is 0.159 e. The molecule has 0 radical (unpaired) electrons. The van der Waals surface area contributed by atoms with Crippen molar-refractivity contribution in [3.63, 3.8) is 0 Å². The number of aryl methyl sites for hydroxylation is 1. The van der Waals surface area contributed by atoms with E-state index in [1.54, 1.807) is 10.9 Å². The first-order valence-electron chi connectivity index (χ1n) is 9.52. The first kappa shape index (κ1) is 18.4. The lowest BCUT2D eigenvalue weighted by molar-refractivity contribution is 0.210. The van der Waals surface area contributed by atoms with E-state index in [1.807, 2.05) is 25.3 Å². The molecule has 0 aliphatic carbocycles. The molecule has 0 unspecified atom stereocenters. The molecule has 0 bridgehead atoms. The van der Waals surface area contributed by atoms with E-state index in [0.29, 0.717) is 17.4 Å². The molecule has 0 aromatic carbocycles. The summed E-state index contributed by atoms with van der Waals surface area (Å²) in [6.45, 7) is 6.70. The Labute approximate surface area is 160 Å². The molecule has 2 aromatic rings. The van der Waals surface area contributed by atoms with Crippen LogP contribution in [0.25, 0.3) is 5.82 Å². The standard InChI is InChI=1S/C18H26N6O2S/c1-15-20-17(13-18(21-15)24-6-2-5-19-24)23-9-7-22(8-10-23)14-16-3-11-27(25,26)12-4-16/h2,5-6,13,16H,3-4,7-12,14H2,1H3. The summed E-state index contributed by atoms with van der Waals surface area (Å²) in [6.07, 6.45) is 5.24. The predicted octanol–water partition coefficient (Wildman–Crippen LogP) is 0.918. The van der Waals surface area contributed by atoms with E-state index >= 15 is 0 Å². The van der Waals surface area contributed by atoms with Gasteiger partial charge in [-0.3, -0.25) is 4.90 Å². The summed E-state index contributed by atoms with van der Waals surface area (Å²) in [4.78, 5) is 13.8. The number of rotatable bonds is 4. The summed E-state index contributed by atoms with van der Waals surface area (Å²) in [5.41, 5.74) is 0. The van der Waals surface area contributed by atoms with Crippen molar-refractivity contribution in [1.29, 1.82) is 0 Å². The summed E-state index contributed by atoms with van der Waals surface area (Å²) in [5.74, 6) is 3.68. The van der Waals surface area contributed by atoms with Crippen LogP contribution in [0.4, 0.5) is 5.82 Å². The van der Waals surface area contributed by atoms with E-state index in [9.17, 15) is 8.42 Å². The molecule has 0 atom stereocenters. The van der Waals surface area contributed by atoms with Crippen molar-refractivity contribution in [2.75, 3.05) is 49.1 Å². The normalized spacial score (nSPS) is 21.4. The molecule has 2 fully saturated rings. The van der Waals surface area contributed by atoms with Crippen molar-refractivity contribution in [3.8, 4) is 5.82 Å². The van der Waals surface area contributed by atoms with Crippen LogP contribution in [0.1, 0.15) is 18.7 Å². The first-order chi connectivity index (χ1) is 13.0. The van der Waals surface area contributed by atoms with Gasteiger partial charge in [-0.1, -0.05) is 0 Å². The van der Waals surface area contributed by atoms with Gasteiger partial charge in [0.1, 0.15) is 21.5 Å². The fourth-order valence-electron chi connectivity index (χ4n) is 3.87. The van der Waals surface area contributed by atoms with Crippen LogP contribution in [0.5, 0.6) is 0 Å². The molecule has 2 aliphatic heterocycles. The highest BCUT2D eigenvalue weighted by atomic mass is 32.2. The molecule has 2 aliphatic rings. The molecule has 0 N–H and O–H groups in total. The third kappa shape index (κ3) is 4.47. The van der Waals surface area contributed by atoms with Crippen LogP contribution in [-0.4, -0.2) is 77.3 Å². The van der Waals surface area contributed by atoms with Gasteiger partial charge in [-0.15, -0.1) is 0 Å². The third-order valence-electron chi connectivity index (χ3n) is 5.44. The van der Waals surface area contributed by atoms with Gasteiger partial charge in [0.2, 0.25) is 0 Å². The Bertz CT molecular complexity index is 861. The zero-order valence-electron chi connectivity index (χ0n) is 15.7. The summed E-state index contributed by atoms with van der Waals surface area (Å²) < 4.78 is 24.9. The van der Waals surface area contributed by atoms with Crippen molar-refractivity contribution in [1.82, 2.24) is 24.6 Å². The number of sulfone groups is 1. The quantitative estimate of drug-likeness (QED) is 0.767. The SMILES string of the molecule is Cc1nc(N2CCN(CC3CCS(=O)(=O)CC3)CC2)cc(-n2cccn2)n1. The van der Waals surface area contributed by atoms with Crippen molar-refractivity contribution in [3.05, 3.63) is 30.4 Å². The molecular formula is C18H26N6O2S. The average Bonchev–Trinajstić information content (AvgIpc) is 3.18. The molecule has 4 heterocycles. The van der Waals surface area contributed by atoms with Gasteiger partial charge in [0.25, 0.3) is 0 Å². The minimum Gasteiger partial charge on any atom is -0.354 e. The number of hydrogen-bond acceptors (Lipinski definition) is 7. The van der Waals surface area contributed by atoms with Crippen LogP contribution in [-0.2, 0) is 9.84 Å². The Hall–Kier alpha value is -2.00. The minimum absolute atomic E-state index is 0.355. The maximum absolute atomic E-state index is 11.6. The van der Waals surface area contributed by atoms with E-state index in [4.69, 9.17) is 0 Å². The number of piperazine rings is 1. The topological polar surface area (TPSA) is 84.2 Å². The molecular weight excluding hydrogens is 364 g/mol. The summed E-state index contributed by atoms with van der Waals surface area (Å²) in [5, 5.41) is 4.26. The largest absolute Gasteiger partial charge is 0.354 e. The molecule has 8 nitrogen and oxygen atoms in total. The van der Waals surface area contributed by atoms with Crippen LogP contribution in [0.3, 0.4) is 0 Å². The highest BCUT2D eigenvalue weighted by Crippen LogP contribution is 2.22. The number of hydrogen-bond donors (Lipinski definition) is 0. The Kier molecular flexibility index (Phi) is 5.14. The van der Waals surface area contributed by atoms with Crippen molar-refractivity contribution < 1.29 is 8.42 Å². The van der Waals surface area contributed by atoms with Crippen LogP contribution < -0.4 is 4.90 Å². The summed E-state index contributed by atoms with van der Waals surface area (Å²) in [6, 6.07) is 3.87. The fraction of sp³-hybridized carbons (Fsp3) is 0.611. The van der Waals surface area contributed by atoms with Crippen LogP contribution >= 0.6 is 0 Å². The van der Waals surface area contributed by atoms with Gasteiger partial charge in [0.15, 0.2) is 5.82 Å². The van der Waals surface area contributed by atoms with Gasteiger partial charge in [0.05, 0.1) is 11.5 Å². The third-order valence-corrected chi connectivity index (χ3v) is 7.15. The molecule has 2 aromatic heterocycles. The van der Waals surface area contributed by atoms with Gasteiger partial charge in [0, 0.05) is 51.2 Å². The highest BCUT2D eigenvalue weighted by Gasteiger charge is 2.27. The molecule has 9 heteroatoms. The van der Waals surface area contributed by atoms with E-state index in [0.717, 1.165) is 63.0 Å². The van der Waals surface area contributed by atoms with Gasteiger partial charge in [-0.2, -0.15) is 5.10 Å². The van der Waals surface area contributed by atoms with E-state index < -0.39 is 9.84 Å². The molecule has 0 amide bonds. The van der Waals surface area contributed by atoms with E-state index in [-0.39, 0.29) is 0 Å². The lowest BCUT2D eigenvalue weighted by Gasteiger charge is -2.37. The second-order valence-corrected chi connectivity index (χ2v) is 9.77. The smallest absolute Gasteiger partial charge is 0.159 e. The monoisotopic (exact) mass is 390 g/mol. The van der Waals surface area contributed by atoms with Gasteiger partial charge in [-0.25, -0.2) is 23.1 Å².